The molecule has 0 atom stereocenters. The molecule has 2 aromatic rings. The molecule has 0 aliphatic heterocycles. The highest BCUT2D eigenvalue weighted by Crippen LogP contribution is 2.15. The Bertz CT molecular complexity index is 671. The fraction of sp³-hybridized carbons (Fsp3) is 0.333. The summed E-state index contributed by atoms with van der Waals surface area (Å²) in [5.41, 5.74) is 1.73. The van der Waals surface area contributed by atoms with Crippen molar-refractivity contribution in [1.82, 2.24) is 15.6 Å². The molecule has 23 heavy (non-hydrogen) atoms. The van der Waals surface area contributed by atoms with Gasteiger partial charge in [0.1, 0.15) is 11.6 Å². The van der Waals surface area contributed by atoms with Crippen molar-refractivity contribution >= 4 is 41.5 Å². The molecular formula is C15H19ClFIN4O. The van der Waals surface area contributed by atoms with Crippen molar-refractivity contribution in [2.75, 3.05) is 7.05 Å². The molecule has 5 nitrogen and oxygen atoms in total. The first-order valence-corrected chi connectivity index (χ1v) is 7.18. The number of nitrogens with one attached hydrogen (secondary N) is 2. The largest absolute Gasteiger partial charge is 0.444 e. The number of oxazole rings is 1. The van der Waals surface area contributed by atoms with Gasteiger partial charge in [0.25, 0.3) is 0 Å². The van der Waals surface area contributed by atoms with Crippen LogP contribution in [-0.4, -0.2) is 18.0 Å². The van der Waals surface area contributed by atoms with Crippen LogP contribution in [0.3, 0.4) is 0 Å². The second-order valence-electron chi connectivity index (χ2n) is 4.78. The lowest BCUT2D eigenvalue weighted by Crippen LogP contribution is -2.36. The topological polar surface area (TPSA) is 62.5 Å². The van der Waals surface area contributed by atoms with E-state index in [1.807, 2.05) is 13.8 Å². The molecule has 126 valence electrons. The van der Waals surface area contributed by atoms with E-state index in [0.717, 1.165) is 17.0 Å². The minimum atomic E-state index is -0.428. The van der Waals surface area contributed by atoms with Crippen LogP contribution in [0.2, 0.25) is 5.02 Å². The number of aromatic nitrogens is 1. The predicted molar refractivity (Wildman–Crippen MR) is 99.8 cm³/mol. The molecule has 8 heteroatoms. The standard InChI is InChI=1S/C15H18ClFN4O.HI/c1-9-10(2)22-14(21-9)8-20-15(18-3)19-7-11-4-5-13(17)12(16)6-11;/h4-6H,7-8H2,1-3H3,(H2,18,19,20);1H. The third-order valence-corrected chi connectivity index (χ3v) is 3.44. The van der Waals surface area contributed by atoms with Gasteiger partial charge in [-0.05, 0) is 31.5 Å². The fourth-order valence-corrected chi connectivity index (χ4v) is 2.03. The van der Waals surface area contributed by atoms with E-state index in [-0.39, 0.29) is 29.0 Å². The van der Waals surface area contributed by atoms with Crippen molar-refractivity contribution in [3.8, 4) is 0 Å². The molecule has 0 unspecified atom stereocenters. The molecule has 0 spiro atoms. The minimum absolute atomic E-state index is 0. The van der Waals surface area contributed by atoms with Gasteiger partial charge in [0.15, 0.2) is 5.96 Å². The van der Waals surface area contributed by atoms with Crippen molar-refractivity contribution in [3.05, 3.63) is 51.9 Å². The first-order valence-electron chi connectivity index (χ1n) is 6.81. The molecule has 0 aliphatic carbocycles. The molecule has 0 bridgehead atoms. The van der Waals surface area contributed by atoms with E-state index >= 15 is 0 Å². The van der Waals surface area contributed by atoms with Gasteiger partial charge in [-0.25, -0.2) is 9.37 Å². The van der Waals surface area contributed by atoms with E-state index in [1.54, 1.807) is 19.2 Å². The smallest absolute Gasteiger partial charge is 0.214 e. The Morgan fingerprint density at radius 1 is 1.30 bits per heavy atom. The molecule has 2 rings (SSSR count). The van der Waals surface area contributed by atoms with Gasteiger partial charge in [-0.3, -0.25) is 4.99 Å². The molecule has 0 aliphatic rings. The Morgan fingerprint density at radius 3 is 2.57 bits per heavy atom. The van der Waals surface area contributed by atoms with Crippen LogP contribution in [-0.2, 0) is 13.1 Å². The van der Waals surface area contributed by atoms with Gasteiger partial charge in [0.2, 0.25) is 5.89 Å². The summed E-state index contributed by atoms with van der Waals surface area (Å²) in [5.74, 6) is 1.57. The number of aliphatic imine (C=N–C) groups is 1. The molecule has 0 fully saturated rings. The molecule has 2 N–H and O–H groups in total. The maximum atomic E-state index is 13.1. The van der Waals surface area contributed by atoms with Gasteiger partial charge in [0, 0.05) is 13.6 Å². The Labute approximate surface area is 156 Å². The van der Waals surface area contributed by atoms with Gasteiger partial charge in [-0.2, -0.15) is 0 Å². The van der Waals surface area contributed by atoms with Crippen LogP contribution in [0.4, 0.5) is 4.39 Å². The summed E-state index contributed by atoms with van der Waals surface area (Å²) in [6.45, 7) is 4.67. The van der Waals surface area contributed by atoms with E-state index in [1.165, 1.54) is 6.07 Å². The molecule has 0 saturated carbocycles. The fourth-order valence-electron chi connectivity index (χ4n) is 1.83. The van der Waals surface area contributed by atoms with Crippen molar-refractivity contribution in [2.45, 2.75) is 26.9 Å². The van der Waals surface area contributed by atoms with Gasteiger partial charge >= 0.3 is 0 Å². The molecule has 0 amide bonds. The Kier molecular flexibility index (Phi) is 7.77. The van der Waals surface area contributed by atoms with E-state index in [9.17, 15) is 4.39 Å². The highest BCUT2D eigenvalue weighted by molar-refractivity contribution is 14.0. The molecule has 0 radical (unpaired) electrons. The highest BCUT2D eigenvalue weighted by atomic mass is 127. The lowest BCUT2D eigenvalue weighted by atomic mass is 10.2. The van der Waals surface area contributed by atoms with Crippen LogP contribution < -0.4 is 10.6 Å². The van der Waals surface area contributed by atoms with Crippen molar-refractivity contribution in [1.29, 1.82) is 0 Å². The van der Waals surface area contributed by atoms with Crippen molar-refractivity contribution in [2.24, 2.45) is 4.99 Å². The summed E-state index contributed by atoms with van der Waals surface area (Å²) in [6.07, 6.45) is 0. The number of benzene rings is 1. The van der Waals surface area contributed by atoms with Crippen LogP contribution in [0, 0.1) is 19.7 Å². The third kappa shape index (κ3) is 5.65. The zero-order valence-corrected chi connectivity index (χ0v) is 16.2. The lowest BCUT2D eigenvalue weighted by Gasteiger charge is -2.11. The van der Waals surface area contributed by atoms with Crippen LogP contribution in [0.25, 0.3) is 0 Å². The normalized spacial score (nSPS) is 11.1. The lowest BCUT2D eigenvalue weighted by molar-refractivity contribution is 0.463. The van der Waals surface area contributed by atoms with Crippen LogP contribution in [0.5, 0.6) is 0 Å². The monoisotopic (exact) mass is 452 g/mol. The SMILES string of the molecule is CN=C(NCc1ccc(F)c(Cl)c1)NCc1nc(C)c(C)o1.I. The number of guanidine groups is 1. The summed E-state index contributed by atoms with van der Waals surface area (Å²) in [4.78, 5) is 8.39. The highest BCUT2D eigenvalue weighted by Gasteiger charge is 2.07. The summed E-state index contributed by atoms with van der Waals surface area (Å²) >= 11 is 5.75. The van der Waals surface area contributed by atoms with Gasteiger partial charge in [-0.1, -0.05) is 17.7 Å². The quantitative estimate of drug-likeness (QED) is 0.423. The average Bonchev–Trinajstić information content (AvgIpc) is 2.81. The number of aryl methyl sites for hydroxylation is 2. The predicted octanol–water partition coefficient (Wildman–Crippen LogP) is 3.57. The average molecular weight is 453 g/mol. The van der Waals surface area contributed by atoms with Gasteiger partial charge in [-0.15, -0.1) is 24.0 Å². The van der Waals surface area contributed by atoms with E-state index in [2.05, 4.69) is 20.6 Å². The molecule has 1 heterocycles. The minimum Gasteiger partial charge on any atom is -0.444 e. The molecule has 0 saturated heterocycles. The van der Waals surface area contributed by atoms with Crippen molar-refractivity contribution < 1.29 is 8.81 Å². The zero-order chi connectivity index (χ0) is 16.1. The molecular weight excluding hydrogens is 434 g/mol. The summed E-state index contributed by atoms with van der Waals surface area (Å²) in [6, 6.07) is 4.59. The van der Waals surface area contributed by atoms with Crippen LogP contribution in [0.1, 0.15) is 22.9 Å². The first-order chi connectivity index (χ1) is 10.5. The Morgan fingerprint density at radius 2 is 2.00 bits per heavy atom. The number of rotatable bonds is 4. The number of nitrogens with zero attached hydrogens (tertiary/aromatic N) is 2. The first kappa shape index (κ1) is 19.7. The molecule has 1 aromatic heterocycles. The summed E-state index contributed by atoms with van der Waals surface area (Å²) in [5, 5.41) is 6.32. The van der Waals surface area contributed by atoms with Gasteiger partial charge in [0.05, 0.1) is 17.3 Å². The summed E-state index contributed by atoms with van der Waals surface area (Å²) < 4.78 is 18.6. The molecule has 1 aromatic carbocycles. The second kappa shape index (κ2) is 9.07. The zero-order valence-electron chi connectivity index (χ0n) is 13.1. The maximum Gasteiger partial charge on any atom is 0.214 e. The summed E-state index contributed by atoms with van der Waals surface area (Å²) in [7, 11) is 1.67. The third-order valence-electron chi connectivity index (χ3n) is 3.15. The van der Waals surface area contributed by atoms with Gasteiger partial charge < -0.3 is 15.1 Å². The number of hydrogen-bond donors (Lipinski definition) is 2. The van der Waals surface area contributed by atoms with E-state index < -0.39 is 5.82 Å². The number of halogens is 3. The Balaban J connectivity index is 0.00000264. The van der Waals surface area contributed by atoms with E-state index in [4.69, 9.17) is 16.0 Å². The number of hydrogen-bond acceptors (Lipinski definition) is 3. The van der Waals surface area contributed by atoms with Crippen molar-refractivity contribution in [3.63, 3.8) is 0 Å². The maximum absolute atomic E-state index is 13.1. The van der Waals surface area contributed by atoms with Crippen LogP contribution in [0.15, 0.2) is 27.6 Å². The van der Waals surface area contributed by atoms with E-state index in [0.29, 0.717) is 24.9 Å². The van der Waals surface area contributed by atoms with Crippen LogP contribution >= 0.6 is 35.6 Å². The Hall–Kier alpha value is -1.35. The second-order valence-corrected chi connectivity index (χ2v) is 5.18.